The molecule has 0 spiro atoms. The fourth-order valence-corrected chi connectivity index (χ4v) is 4.19. The summed E-state index contributed by atoms with van der Waals surface area (Å²) >= 11 is 0. The Morgan fingerprint density at radius 2 is 2.24 bits per heavy atom. The van der Waals surface area contributed by atoms with Gasteiger partial charge in [0, 0.05) is 19.0 Å². The molecule has 1 atom stereocenters. The third kappa shape index (κ3) is 2.82. The first kappa shape index (κ1) is 14.5. The quantitative estimate of drug-likeness (QED) is 0.823. The minimum Gasteiger partial charge on any atom is -0.352 e. The molecular formula is C13H20N4O3S. The molecule has 1 saturated carbocycles. The molecule has 1 aliphatic carbocycles. The molecule has 0 radical (unpaired) electrons. The fraction of sp³-hybridized carbons (Fsp3) is 0.692. The molecule has 0 bridgehead atoms. The second-order valence-electron chi connectivity index (χ2n) is 5.60. The van der Waals surface area contributed by atoms with Gasteiger partial charge in [0.2, 0.25) is 5.91 Å². The lowest BCUT2D eigenvalue weighted by Gasteiger charge is -2.22. The average molecular weight is 312 g/mol. The maximum atomic E-state index is 12.7. The van der Waals surface area contributed by atoms with Gasteiger partial charge >= 0.3 is 0 Å². The molecule has 8 heteroatoms. The van der Waals surface area contributed by atoms with Gasteiger partial charge in [0.1, 0.15) is 11.9 Å². The number of hydrogen-bond donors (Lipinski definition) is 2. The number of nitrogens with one attached hydrogen (secondary N) is 2. The molecule has 1 amide bonds. The predicted molar refractivity (Wildman–Crippen MR) is 76.0 cm³/mol. The second kappa shape index (κ2) is 5.42. The molecule has 2 fully saturated rings. The van der Waals surface area contributed by atoms with E-state index in [0.29, 0.717) is 31.6 Å². The lowest BCUT2D eigenvalue weighted by Crippen LogP contribution is -2.46. The predicted octanol–water partition coefficient (Wildman–Crippen LogP) is 0.404. The normalized spacial score (nSPS) is 23.4. The van der Waals surface area contributed by atoms with E-state index >= 15 is 0 Å². The van der Waals surface area contributed by atoms with Crippen LogP contribution >= 0.6 is 0 Å². The van der Waals surface area contributed by atoms with Gasteiger partial charge in [0.05, 0.1) is 6.20 Å². The number of imidazole rings is 1. The van der Waals surface area contributed by atoms with E-state index in [4.69, 9.17) is 0 Å². The lowest BCUT2D eigenvalue weighted by atomic mass is 10.2. The summed E-state index contributed by atoms with van der Waals surface area (Å²) in [6, 6.07) is -0.356. The van der Waals surface area contributed by atoms with E-state index in [1.165, 1.54) is 10.5 Å². The Bertz CT molecular complexity index is 636. The van der Waals surface area contributed by atoms with Crippen molar-refractivity contribution in [2.45, 2.75) is 56.1 Å². The summed E-state index contributed by atoms with van der Waals surface area (Å²) < 4.78 is 26.6. The van der Waals surface area contributed by atoms with Crippen LogP contribution in [0, 0.1) is 0 Å². The molecule has 7 nitrogen and oxygen atoms in total. The molecule has 2 aliphatic rings. The van der Waals surface area contributed by atoms with Gasteiger partial charge in [-0.15, -0.1) is 0 Å². The highest BCUT2D eigenvalue weighted by Crippen LogP contribution is 2.27. The van der Waals surface area contributed by atoms with Gasteiger partial charge in [0.25, 0.3) is 10.0 Å². The first-order chi connectivity index (χ1) is 10.0. The van der Waals surface area contributed by atoms with E-state index in [1.807, 2.05) is 6.92 Å². The van der Waals surface area contributed by atoms with Gasteiger partial charge in [-0.2, -0.15) is 4.31 Å². The van der Waals surface area contributed by atoms with Crippen molar-refractivity contribution in [3.8, 4) is 0 Å². The van der Waals surface area contributed by atoms with Crippen LogP contribution in [0.2, 0.25) is 0 Å². The number of H-pyrrole nitrogens is 1. The largest absolute Gasteiger partial charge is 0.352 e. The third-order valence-electron chi connectivity index (χ3n) is 3.96. The van der Waals surface area contributed by atoms with Crippen LogP contribution in [-0.4, -0.2) is 47.2 Å². The maximum absolute atomic E-state index is 12.7. The van der Waals surface area contributed by atoms with Gasteiger partial charge < -0.3 is 10.3 Å². The molecule has 1 saturated heterocycles. The number of sulfonamides is 1. The summed E-state index contributed by atoms with van der Waals surface area (Å²) in [5, 5.41) is 2.97. The van der Waals surface area contributed by atoms with Crippen molar-refractivity contribution in [1.82, 2.24) is 19.6 Å². The van der Waals surface area contributed by atoms with Crippen LogP contribution in [-0.2, 0) is 21.2 Å². The monoisotopic (exact) mass is 312 g/mol. The van der Waals surface area contributed by atoms with E-state index in [9.17, 15) is 13.2 Å². The molecule has 1 aliphatic heterocycles. The van der Waals surface area contributed by atoms with Crippen LogP contribution in [0.4, 0.5) is 0 Å². The number of hydrogen-bond acceptors (Lipinski definition) is 4. The number of aromatic nitrogens is 2. The van der Waals surface area contributed by atoms with Crippen molar-refractivity contribution < 1.29 is 13.2 Å². The van der Waals surface area contributed by atoms with Crippen LogP contribution in [0.3, 0.4) is 0 Å². The topological polar surface area (TPSA) is 95.2 Å². The molecule has 2 heterocycles. The highest BCUT2D eigenvalue weighted by Gasteiger charge is 2.41. The molecule has 0 aromatic carbocycles. The van der Waals surface area contributed by atoms with Crippen molar-refractivity contribution in [3.63, 3.8) is 0 Å². The minimum absolute atomic E-state index is 0.0745. The Hall–Kier alpha value is -1.41. The lowest BCUT2D eigenvalue weighted by molar-refractivity contribution is -0.124. The summed E-state index contributed by atoms with van der Waals surface area (Å²) in [6.45, 7) is 2.28. The van der Waals surface area contributed by atoms with Gasteiger partial charge in [-0.05, 0) is 25.7 Å². The Morgan fingerprint density at radius 1 is 1.48 bits per heavy atom. The fourth-order valence-electron chi connectivity index (χ4n) is 2.60. The number of amides is 1. The molecule has 2 N–H and O–H groups in total. The number of aromatic amines is 1. The maximum Gasteiger partial charge on any atom is 0.260 e. The van der Waals surface area contributed by atoms with Crippen molar-refractivity contribution in [1.29, 1.82) is 0 Å². The Kier molecular flexibility index (Phi) is 3.75. The summed E-state index contributed by atoms with van der Waals surface area (Å²) in [6.07, 6.45) is 5.24. The Morgan fingerprint density at radius 3 is 2.86 bits per heavy atom. The van der Waals surface area contributed by atoms with Crippen LogP contribution in [0.1, 0.15) is 38.4 Å². The zero-order valence-electron chi connectivity index (χ0n) is 12.0. The van der Waals surface area contributed by atoms with Crippen molar-refractivity contribution in [3.05, 3.63) is 12.0 Å². The smallest absolute Gasteiger partial charge is 0.260 e. The molecule has 21 heavy (non-hydrogen) atoms. The van der Waals surface area contributed by atoms with Crippen LogP contribution in [0.5, 0.6) is 0 Å². The molecular weight excluding hydrogens is 292 g/mol. The van der Waals surface area contributed by atoms with E-state index in [-0.39, 0.29) is 17.0 Å². The Labute approximate surface area is 124 Å². The van der Waals surface area contributed by atoms with Crippen LogP contribution < -0.4 is 5.32 Å². The van der Waals surface area contributed by atoms with Gasteiger partial charge in [0.15, 0.2) is 5.03 Å². The standard InChI is InChI=1S/C13H20N4O3S/c1-2-11-14-8-12(16-11)21(19,20)17-7-3-4-10(17)13(18)15-9-5-6-9/h8-10H,2-7H2,1H3,(H,14,16)(H,15,18). The number of carbonyl (C=O) groups excluding carboxylic acids is 1. The zero-order chi connectivity index (χ0) is 15.0. The summed E-state index contributed by atoms with van der Waals surface area (Å²) in [5.41, 5.74) is 0. The third-order valence-corrected chi connectivity index (χ3v) is 5.77. The molecule has 1 aromatic heterocycles. The highest BCUT2D eigenvalue weighted by molar-refractivity contribution is 7.89. The van der Waals surface area contributed by atoms with Gasteiger partial charge in [-0.25, -0.2) is 13.4 Å². The average Bonchev–Trinajstić information content (AvgIpc) is 3.00. The highest BCUT2D eigenvalue weighted by atomic mass is 32.2. The number of nitrogens with zero attached hydrogens (tertiary/aromatic N) is 2. The number of carbonyl (C=O) groups is 1. The molecule has 116 valence electrons. The molecule has 1 unspecified atom stereocenters. The first-order valence-electron chi connectivity index (χ1n) is 7.38. The van der Waals surface area contributed by atoms with Gasteiger partial charge in [-0.1, -0.05) is 6.92 Å². The molecule has 3 rings (SSSR count). The van der Waals surface area contributed by atoms with E-state index in [1.54, 1.807) is 0 Å². The van der Waals surface area contributed by atoms with E-state index in [2.05, 4.69) is 15.3 Å². The number of aryl methyl sites for hydroxylation is 1. The minimum atomic E-state index is -3.68. The number of rotatable bonds is 5. The summed E-state index contributed by atoms with van der Waals surface area (Å²) in [7, 11) is -3.68. The van der Waals surface area contributed by atoms with Crippen molar-refractivity contribution >= 4 is 15.9 Å². The van der Waals surface area contributed by atoms with Gasteiger partial charge in [-0.3, -0.25) is 4.79 Å². The summed E-state index contributed by atoms with van der Waals surface area (Å²) in [4.78, 5) is 19.1. The Balaban J connectivity index is 1.80. The van der Waals surface area contributed by atoms with E-state index < -0.39 is 16.1 Å². The summed E-state index contributed by atoms with van der Waals surface area (Å²) in [5.74, 6) is 0.459. The van der Waals surface area contributed by atoms with Crippen LogP contribution in [0.25, 0.3) is 0 Å². The SMILES string of the molecule is CCc1ncc(S(=O)(=O)N2CCCC2C(=O)NC2CC2)[nH]1. The van der Waals surface area contributed by atoms with Crippen LogP contribution in [0.15, 0.2) is 11.2 Å². The second-order valence-corrected chi connectivity index (χ2v) is 7.46. The first-order valence-corrected chi connectivity index (χ1v) is 8.82. The zero-order valence-corrected chi connectivity index (χ0v) is 12.8. The van der Waals surface area contributed by atoms with Crippen molar-refractivity contribution in [2.75, 3.05) is 6.54 Å². The van der Waals surface area contributed by atoms with Crippen molar-refractivity contribution in [2.24, 2.45) is 0 Å². The molecule has 1 aromatic rings. The van der Waals surface area contributed by atoms with E-state index in [0.717, 1.165) is 12.8 Å².